The molecule has 1 saturated heterocycles. The fourth-order valence-electron chi connectivity index (χ4n) is 6.16. The zero-order valence-corrected chi connectivity index (χ0v) is 30.6. The number of hydrogen-bond donors (Lipinski definition) is 2. The predicted molar refractivity (Wildman–Crippen MR) is 195 cm³/mol. The van der Waals surface area contributed by atoms with Crippen molar-refractivity contribution in [1.82, 2.24) is 24.8 Å². The first-order chi connectivity index (χ1) is 24.1. The average molecular weight is 688 g/mol. The number of amides is 1. The van der Waals surface area contributed by atoms with E-state index in [0.29, 0.717) is 50.4 Å². The van der Waals surface area contributed by atoms with Crippen LogP contribution in [0.3, 0.4) is 0 Å². The van der Waals surface area contributed by atoms with Crippen LogP contribution in [-0.4, -0.2) is 83.7 Å². The molecule has 270 valence electrons. The van der Waals surface area contributed by atoms with E-state index in [4.69, 9.17) is 33.7 Å². The van der Waals surface area contributed by atoms with Crippen molar-refractivity contribution in [1.29, 1.82) is 0 Å². The Morgan fingerprint density at radius 3 is 2.08 bits per heavy atom. The molecule has 5 rings (SSSR count). The number of ether oxygens (including phenoxy) is 5. The lowest BCUT2D eigenvalue weighted by Gasteiger charge is -2.27. The molecular formula is C39H53N5O6. The van der Waals surface area contributed by atoms with Gasteiger partial charge in [0.15, 0.2) is 0 Å². The molecule has 0 radical (unpaired) electrons. The number of nitrogens with zero attached hydrogens (tertiary/aromatic N) is 3. The Hall–Kier alpha value is -4.35. The van der Waals surface area contributed by atoms with E-state index in [1.165, 1.54) is 6.42 Å². The highest BCUT2D eigenvalue weighted by Gasteiger charge is 2.35. The molecule has 0 saturated carbocycles. The molecule has 0 unspecified atom stereocenters. The van der Waals surface area contributed by atoms with Crippen LogP contribution in [0, 0.1) is 0 Å². The third-order valence-electron chi connectivity index (χ3n) is 8.81. The lowest BCUT2D eigenvalue weighted by Crippen LogP contribution is -2.36. The van der Waals surface area contributed by atoms with Crippen LogP contribution in [0.1, 0.15) is 90.3 Å². The number of likely N-dealkylation sites (tertiary alicyclic amines) is 1. The Morgan fingerprint density at radius 1 is 0.900 bits per heavy atom. The van der Waals surface area contributed by atoms with Crippen molar-refractivity contribution in [3.05, 3.63) is 60.4 Å². The summed E-state index contributed by atoms with van der Waals surface area (Å²) in [4.78, 5) is 31.1. The van der Waals surface area contributed by atoms with Crippen LogP contribution in [0.2, 0.25) is 0 Å². The van der Waals surface area contributed by atoms with Crippen LogP contribution in [0.15, 0.2) is 48.8 Å². The van der Waals surface area contributed by atoms with Crippen LogP contribution in [0.25, 0.3) is 33.6 Å². The van der Waals surface area contributed by atoms with Crippen molar-refractivity contribution in [3.63, 3.8) is 0 Å². The highest BCUT2D eigenvalue weighted by molar-refractivity contribution is 5.81. The van der Waals surface area contributed by atoms with Gasteiger partial charge in [-0.1, -0.05) is 38.8 Å². The Morgan fingerprint density at radius 2 is 1.50 bits per heavy atom. The van der Waals surface area contributed by atoms with Crippen molar-refractivity contribution < 1.29 is 28.5 Å². The van der Waals surface area contributed by atoms with Gasteiger partial charge in [0.05, 0.1) is 43.0 Å². The third-order valence-corrected chi connectivity index (χ3v) is 8.81. The Labute approximate surface area is 296 Å². The molecule has 0 spiro atoms. The number of H-pyrrole nitrogens is 2. The average Bonchev–Trinajstić information content (AvgIpc) is 3.88. The zero-order chi connectivity index (χ0) is 35.7. The molecule has 11 nitrogen and oxygen atoms in total. The van der Waals surface area contributed by atoms with E-state index in [-0.39, 0.29) is 12.1 Å². The maximum Gasteiger partial charge on any atom is 0.410 e. The van der Waals surface area contributed by atoms with E-state index in [1.807, 2.05) is 57.4 Å². The molecule has 1 aliphatic rings. The first-order valence-corrected chi connectivity index (χ1v) is 17.7. The van der Waals surface area contributed by atoms with Gasteiger partial charge < -0.3 is 33.7 Å². The maximum absolute atomic E-state index is 13.0. The van der Waals surface area contributed by atoms with Crippen molar-refractivity contribution in [2.45, 2.75) is 84.3 Å². The zero-order valence-electron chi connectivity index (χ0n) is 30.6. The summed E-state index contributed by atoms with van der Waals surface area (Å²) in [5, 5.41) is 0. The number of carbonyl (C=O) groups excluding carboxylic acids is 1. The summed E-state index contributed by atoms with van der Waals surface area (Å²) >= 11 is 0. The van der Waals surface area contributed by atoms with Gasteiger partial charge in [-0.25, -0.2) is 14.8 Å². The lowest BCUT2D eigenvalue weighted by molar-refractivity contribution is 0.0218. The van der Waals surface area contributed by atoms with Crippen molar-refractivity contribution in [2.75, 3.05) is 47.2 Å². The van der Waals surface area contributed by atoms with Gasteiger partial charge >= 0.3 is 6.09 Å². The Kier molecular flexibility index (Phi) is 12.6. The first-order valence-electron chi connectivity index (χ1n) is 17.7. The summed E-state index contributed by atoms with van der Waals surface area (Å²) < 4.78 is 28.9. The van der Waals surface area contributed by atoms with Gasteiger partial charge in [-0.05, 0) is 64.3 Å². The minimum absolute atomic E-state index is 0.175. The quantitative estimate of drug-likeness (QED) is 0.112. The van der Waals surface area contributed by atoms with Crippen molar-refractivity contribution >= 4 is 6.09 Å². The van der Waals surface area contributed by atoms with Gasteiger partial charge in [0, 0.05) is 48.9 Å². The van der Waals surface area contributed by atoms with Gasteiger partial charge in [-0.15, -0.1) is 0 Å². The molecule has 1 fully saturated rings. The molecule has 3 heterocycles. The molecular weight excluding hydrogens is 634 g/mol. The molecule has 0 bridgehead atoms. The van der Waals surface area contributed by atoms with Gasteiger partial charge in [0.1, 0.15) is 42.0 Å². The summed E-state index contributed by atoms with van der Waals surface area (Å²) in [5.74, 6) is 3.49. The third kappa shape index (κ3) is 9.25. The SMILES string of the molecule is CCCC[C@H](C)c1ncc(-c2ccc(-c3ccc(-c4cnc([C@@H]5CCCN5C(=O)OC(C)(C)C)[nH]4)cc3OCCOC)c(OCCOC)c2)[nH]1. The van der Waals surface area contributed by atoms with Crippen LogP contribution in [0.5, 0.6) is 11.5 Å². The second kappa shape index (κ2) is 17.0. The molecule has 2 aromatic carbocycles. The smallest absolute Gasteiger partial charge is 0.410 e. The molecule has 2 N–H and O–H groups in total. The fourth-order valence-corrected chi connectivity index (χ4v) is 6.16. The number of carbonyl (C=O) groups is 1. The van der Waals surface area contributed by atoms with Crippen molar-refractivity contribution in [3.8, 4) is 45.1 Å². The van der Waals surface area contributed by atoms with E-state index in [1.54, 1.807) is 19.1 Å². The summed E-state index contributed by atoms with van der Waals surface area (Å²) in [6, 6.07) is 12.1. The Balaban J connectivity index is 1.46. The predicted octanol–water partition coefficient (Wildman–Crippen LogP) is 8.55. The Bertz CT molecular complexity index is 1690. The molecule has 11 heteroatoms. The number of benzene rings is 2. The minimum atomic E-state index is -0.566. The fraction of sp³-hybridized carbons (Fsp3) is 0.513. The molecule has 2 aromatic heterocycles. The van der Waals surface area contributed by atoms with E-state index in [9.17, 15) is 4.79 Å². The number of imidazole rings is 2. The van der Waals surface area contributed by atoms with Gasteiger partial charge in [-0.3, -0.25) is 4.90 Å². The minimum Gasteiger partial charge on any atom is -0.491 e. The van der Waals surface area contributed by atoms with Gasteiger partial charge in [0.25, 0.3) is 0 Å². The van der Waals surface area contributed by atoms with Gasteiger partial charge in [0.2, 0.25) is 0 Å². The molecule has 1 amide bonds. The second-order valence-corrected chi connectivity index (χ2v) is 13.8. The van der Waals surface area contributed by atoms with E-state index in [2.05, 4.69) is 35.9 Å². The molecule has 50 heavy (non-hydrogen) atoms. The molecule has 2 atom stereocenters. The van der Waals surface area contributed by atoms with E-state index in [0.717, 1.165) is 71.0 Å². The van der Waals surface area contributed by atoms with Crippen LogP contribution in [0.4, 0.5) is 4.79 Å². The normalized spacial score (nSPS) is 15.3. The number of rotatable bonds is 16. The largest absolute Gasteiger partial charge is 0.491 e. The van der Waals surface area contributed by atoms with Crippen LogP contribution >= 0.6 is 0 Å². The molecule has 0 aliphatic carbocycles. The first kappa shape index (κ1) is 36.9. The van der Waals surface area contributed by atoms with Crippen LogP contribution in [-0.2, 0) is 14.2 Å². The maximum atomic E-state index is 13.0. The highest BCUT2D eigenvalue weighted by atomic mass is 16.6. The summed E-state index contributed by atoms with van der Waals surface area (Å²) in [6.45, 7) is 12.4. The summed E-state index contributed by atoms with van der Waals surface area (Å²) in [6.07, 6.45) is 8.53. The number of aromatic nitrogens is 4. The van der Waals surface area contributed by atoms with Gasteiger partial charge in [-0.2, -0.15) is 0 Å². The molecule has 4 aromatic rings. The van der Waals surface area contributed by atoms with Crippen molar-refractivity contribution in [2.24, 2.45) is 0 Å². The summed E-state index contributed by atoms with van der Waals surface area (Å²) in [5.41, 5.74) is 4.87. The summed E-state index contributed by atoms with van der Waals surface area (Å²) in [7, 11) is 3.32. The number of methoxy groups -OCH3 is 2. The molecule has 1 aliphatic heterocycles. The van der Waals surface area contributed by atoms with E-state index < -0.39 is 5.60 Å². The van der Waals surface area contributed by atoms with E-state index >= 15 is 0 Å². The standard InChI is InChI=1S/C39H53N5O6/c1-8-9-11-26(2)36-40-24-31(42-36)27-13-15-29(34(22-27)48-20-18-46-6)30-16-14-28(23-35(30)49-21-19-47-7)32-25-41-37(43-32)33-12-10-17-44(33)38(45)50-39(3,4)5/h13-16,22-26,33H,8-12,17-21H2,1-7H3,(H,40,42)(H,41,43)/t26-,33-/m0/s1. The number of hydrogen-bond acceptors (Lipinski definition) is 8. The number of unbranched alkanes of at least 4 members (excludes halogenated alkanes) is 1. The highest BCUT2D eigenvalue weighted by Crippen LogP contribution is 2.41. The lowest BCUT2D eigenvalue weighted by atomic mass is 9.98. The topological polar surface area (TPSA) is 124 Å². The number of nitrogens with one attached hydrogen (secondary N) is 2. The number of aromatic amines is 2. The second-order valence-electron chi connectivity index (χ2n) is 13.8. The monoisotopic (exact) mass is 687 g/mol. The van der Waals surface area contributed by atoms with Crippen LogP contribution < -0.4 is 9.47 Å².